The van der Waals surface area contributed by atoms with Crippen molar-refractivity contribution in [3.63, 3.8) is 0 Å². The molecule has 1 N–H and O–H groups in total. The van der Waals surface area contributed by atoms with Crippen LogP contribution in [0.4, 0.5) is 5.00 Å². The van der Waals surface area contributed by atoms with Crippen molar-refractivity contribution < 1.29 is 17.9 Å². The van der Waals surface area contributed by atoms with Crippen molar-refractivity contribution in [2.45, 2.75) is 38.4 Å². The van der Waals surface area contributed by atoms with Crippen LogP contribution < -0.4 is 4.72 Å². The molecule has 1 aliphatic rings. The molecule has 0 saturated carbocycles. The number of benzene rings is 1. The van der Waals surface area contributed by atoms with Gasteiger partial charge in [-0.15, -0.1) is 11.3 Å². The monoisotopic (exact) mass is 447 g/mol. The standard InChI is InChI=1S/C18H19Cl2NO4S2/c1-2-25-18(22)16-11-6-3-4-9-15(11)26-17(16)21-27(23,24)10-12-13(19)7-5-8-14(12)20/h5,7-8,21H,2-4,6,9-10H2,1H3. The number of hydrogen-bond acceptors (Lipinski definition) is 5. The van der Waals surface area contributed by atoms with Crippen molar-refractivity contribution >= 4 is 55.5 Å². The lowest BCUT2D eigenvalue weighted by Gasteiger charge is -2.13. The van der Waals surface area contributed by atoms with Crippen LogP contribution in [-0.4, -0.2) is 21.0 Å². The minimum Gasteiger partial charge on any atom is -0.462 e. The average Bonchev–Trinajstić information content (AvgIpc) is 2.95. The van der Waals surface area contributed by atoms with Crippen molar-refractivity contribution in [1.82, 2.24) is 0 Å². The van der Waals surface area contributed by atoms with Crippen molar-refractivity contribution in [3.8, 4) is 0 Å². The molecule has 0 spiro atoms. The molecule has 1 heterocycles. The number of hydrogen-bond donors (Lipinski definition) is 1. The number of aryl methyl sites for hydroxylation is 1. The van der Waals surface area contributed by atoms with Crippen LogP contribution in [0.2, 0.25) is 10.0 Å². The second-order valence-electron chi connectivity index (χ2n) is 6.20. The van der Waals surface area contributed by atoms with E-state index in [1.807, 2.05) is 0 Å². The Morgan fingerprint density at radius 2 is 1.89 bits per heavy atom. The third-order valence-electron chi connectivity index (χ3n) is 4.30. The fraction of sp³-hybridized carbons (Fsp3) is 0.389. The van der Waals surface area contributed by atoms with Gasteiger partial charge in [0, 0.05) is 20.5 Å². The summed E-state index contributed by atoms with van der Waals surface area (Å²) in [4.78, 5) is 13.5. The van der Waals surface area contributed by atoms with Gasteiger partial charge in [-0.25, -0.2) is 13.2 Å². The number of halogens is 2. The molecule has 1 aromatic heterocycles. The smallest absolute Gasteiger partial charge is 0.341 e. The summed E-state index contributed by atoms with van der Waals surface area (Å²) >= 11 is 13.5. The van der Waals surface area contributed by atoms with E-state index in [1.54, 1.807) is 25.1 Å². The summed E-state index contributed by atoms with van der Waals surface area (Å²) in [5.41, 5.74) is 1.57. The van der Waals surface area contributed by atoms with Gasteiger partial charge in [-0.1, -0.05) is 29.3 Å². The van der Waals surface area contributed by atoms with Gasteiger partial charge in [0.2, 0.25) is 10.0 Å². The molecule has 2 aromatic rings. The van der Waals surface area contributed by atoms with E-state index in [4.69, 9.17) is 27.9 Å². The van der Waals surface area contributed by atoms with Crippen LogP contribution in [0.25, 0.3) is 0 Å². The molecule has 3 rings (SSSR count). The van der Waals surface area contributed by atoms with E-state index in [2.05, 4.69) is 4.72 Å². The predicted molar refractivity (Wildman–Crippen MR) is 110 cm³/mol. The van der Waals surface area contributed by atoms with Crippen LogP contribution in [0, 0.1) is 0 Å². The van der Waals surface area contributed by atoms with E-state index >= 15 is 0 Å². The molecule has 5 nitrogen and oxygen atoms in total. The van der Waals surface area contributed by atoms with Gasteiger partial charge in [0.15, 0.2) is 0 Å². The van der Waals surface area contributed by atoms with Crippen molar-refractivity contribution in [1.29, 1.82) is 0 Å². The molecule has 1 aromatic carbocycles. The number of ether oxygens (including phenoxy) is 1. The number of nitrogens with one attached hydrogen (secondary N) is 1. The van der Waals surface area contributed by atoms with Crippen molar-refractivity contribution in [2.75, 3.05) is 11.3 Å². The van der Waals surface area contributed by atoms with E-state index in [0.29, 0.717) is 16.1 Å². The SMILES string of the molecule is CCOC(=O)c1c(NS(=O)(=O)Cc2c(Cl)cccc2Cl)sc2c1CCCC2. The third kappa shape index (κ3) is 4.59. The van der Waals surface area contributed by atoms with E-state index in [-0.39, 0.29) is 22.4 Å². The first-order valence-corrected chi connectivity index (χ1v) is 11.8. The zero-order valence-electron chi connectivity index (χ0n) is 14.7. The average molecular weight is 448 g/mol. The van der Waals surface area contributed by atoms with Crippen molar-refractivity contribution in [3.05, 3.63) is 49.8 Å². The van der Waals surface area contributed by atoms with Crippen LogP contribution >= 0.6 is 34.5 Å². The lowest BCUT2D eigenvalue weighted by molar-refractivity contribution is 0.0526. The van der Waals surface area contributed by atoms with Gasteiger partial charge in [0.05, 0.1) is 17.9 Å². The Hall–Kier alpha value is -1.28. The second kappa shape index (κ2) is 8.39. The van der Waals surface area contributed by atoms with E-state index in [0.717, 1.165) is 36.1 Å². The topological polar surface area (TPSA) is 72.5 Å². The lowest BCUT2D eigenvalue weighted by Crippen LogP contribution is -2.18. The number of rotatable bonds is 6. The molecule has 1 aliphatic carbocycles. The van der Waals surface area contributed by atoms with Crippen LogP contribution in [0.3, 0.4) is 0 Å². The van der Waals surface area contributed by atoms with Gasteiger partial charge >= 0.3 is 5.97 Å². The molecule has 9 heteroatoms. The molecule has 27 heavy (non-hydrogen) atoms. The van der Waals surface area contributed by atoms with Gasteiger partial charge in [0.25, 0.3) is 0 Å². The highest BCUT2D eigenvalue weighted by Gasteiger charge is 2.29. The Kier molecular flexibility index (Phi) is 6.35. The van der Waals surface area contributed by atoms with Gasteiger partial charge < -0.3 is 4.74 Å². The molecular weight excluding hydrogens is 429 g/mol. The molecule has 0 saturated heterocycles. The van der Waals surface area contributed by atoms with E-state index < -0.39 is 16.0 Å². The van der Waals surface area contributed by atoms with Crippen LogP contribution in [-0.2, 0) is 33.4 Å². The number of anilines is 1. The van der Waals surface area contributed by atoms with Gasteiger partial charge in [-0.05, 0) is 50.3 Å². The maximum Gasteiger partial charge on any atom is 0.341 e. The Bertz CT molecular complexity index is 950. The molecule has 0 radical (unpaired) electrons. The number of sulfonamides is 1. The molecule has 0 aliphatic heterocycles. The molecule has 0 atom stereocenters. The first-order valence-electron chi connectivity index (χ1n) is 8.57. The molecule has 0 bridgehead atoms. The van der Waals surface area contributed by atoms with Gasteiger partial charge in [-0.2, -0.15) is 0 Å². The summed E-state index contributed by atoms with van der Waals surface area (Å²) in [5.74, 6) is -0.874. The maximum atomic E-state index is 12.7. The minimum atomic E-state index is -3.82. The lowest BCUT2D eigenvalue weighted by atomic mass is 9.95. The number of fused-ring (bicyclic) bond motifs is 1. The van der Waals surface area contributed by atoms with E-state index in [1.165, 1.54) is 11.3 Å². The number of esters is 1. The Labute approximate surface area is 172 Å². The molecule has 0 amide bonds. The Morgan fingerprint density at radius 1 is 1.22 bits per heavy atom. The molecular formula is C18H19Cl2NO4S2. The highest BCUT2D eigenvalue weighted by molar-refractivity contribution is 7.92. The Morgan fingerprint density at radius 3 is 2.56 bits per heavy atom. The van der Waals surface area contributed by atoms with Crippen LogP contribution in [0.5, 0.6) is 0 Å². The fourth-order valence-electron chi connectivity index (χ4n) is 3.09. The highest BCUT2D eigenvalue weighted by atomic mass is 35.5. The summed E-state index contributed by atoms with van der Waals surface area (Å²) in [6.45, 7) is 1.95. The summed E-state index contributed by atoms with van der Waals surface area (Å²) in [6.07, 6.45) is 3.58. The van der Waals surface area contributed by atoms with Crippen LogP contribution in [0.1, 0.15) is 46.1 Å². The van der Waals surface area contributed by atoms with Crippen molar-refractivity contribution in [2.24, 2.45) is 0 Å². The molecule has 146 valence electrons. The minimum absolute atomic E-state index is 0.227. The third-order valence-corrected chi connectivity index (χ3v) is 7.52. The zero-order chi connectivity index (χ0) is 19.6. The van der Waals surface area contributed by atoms with Crippen LogP contribution in [0.15, 0.2) is 18.2 Å². The first kappa shape index (κ1) is 20.5. The largest absolute Gasteiger partial charge is 0.462 e. The molecule has 0 fully saturated rings. The molecule has 0 unspecified atom stereocenters. The van der Waals surface area contributed by atoms with Gasteiger partial charge in [0.1, 0.15) is 5.00 Å². The summed E-state index contributed by atoms with van der Waals surface area (Å²) < 4.78 is 33.2. The normalized spacial score (nSPS) is 13.9. The number of carbonyl (C=O) groups excluding carboxylic acids is 1. The summed E-state index contributed by atoms with van der Waals surface area (Å²) in [5, 5.41) is 0.872. The van der Waals surface area contributed by atoms with Gasteiger partial charge in [-0.3, -0.25) is 4.72 Å². The zero-order valence-corrected chi connectivity index (χ0v) is 17.8. The predicted octanol–water partition coefficient (Wildman–Crippen LogP) is 5.05. The Balaban J connectivity index is 1.94. The first-order chi connectivity index (χ1) is 12.8. The summed E-state index contributed by atoms with van der Waals surface area (Å²) in [6, 6.07) is 4.83. The van der Waals surface area contributed by atoms with E-state index in [9.17, 15) is 13.2 Å². The number of carbonyl (C=O) groups is 1. The second-order valence-corrected chi connectivity index (χ2v) is 9.84. The fourth-order valence-corrected chi connectivity index (χ4v) is 6.61. The quantitative estimate of drug-likeness (QED) is 0.628. The summed E-state index contributed by atoms with van der Waals surface area (Å²) in [7, 11) is -3.82. The highest BCUT2D eigenvalue weighted by Crippen LogP contribution is 2.39. The maximum absolute atomic E-state index is 12.7. The number of thiophene rings is 1.